The number of hydrogen-bond donors (Lipinski definition) is 1. The molecule has 0 aliphatic carbocycles. The number of nitrogens with one attached hydrogen (secondary N) is 1. The third-order valence-electron chi connectivity index (χ3n) is 3.63. The number of carbonyl (C=O) groups excluding carboxylic acids is 1. The molecular formula is C18H17NOS. The average molecular weight is 295 g/mol. The second-order valence-electron chi connectivity index (χ2n) is 5.33. The lowest BCUT2D eigenvalue weighted by molar-refractivity contribution is 0.100. The van der Waals surface area contributed by atoms with Crippen LogP contribution in [-0.4, -0.2) is 11.0 Å². The molecule has 0 bridgehead atoms. The van der Waals surface area contributed by atoms with Crippen molar-refractivity contribution < 1.29 is 4.79 Å². The number of aryl methyl sites for hydroxylation is 2. The molecule has 0 unspecified atom stereocenters. The summed E-state index contributed by atoms with van der Waals surface area (Å²) < 4.78 is 0. The zero-order valence-corrected chi connectivity index (χ0v) is 13.0. The smallest absolute Gasteiger partial charge is 0.183 e. The first kappa shape index (κ1) is 14.0. The first-order valence-corrected chi connectivity index (χ1v) is 7.77. The first-order valence-electron chi connectivity index (χ1n) is 6.89. The Labute approximate surface area is 129 Å². The molecule has 2 aromatic carbocycles. The van der Waals surface area contributed by atoms with E-state index < -0.39 is 0 Å². The molecule has 3 rings (SSSR count). The molecule has 0 saturated carbocycles. The molecule has 2 aromatic rings. The van der Waals surface area contributed by atoms with Crippen molar-refractivity contribution in [2.45, 2.75) is 24.0 Å². The summed E-state index contributed by atoms with van der Waals surface area (Å²) in [6.07, 6.45) is 0. The van der Waals surface area contributed by atoms with Crippen LogP contribution in [0.2, 0.25) is 0 Å². The van der Waals surface area contributed by atoms with E-state index in [1.165, 1.54) is 5.56 Å². The van der Waals surface area contributed by atoms with Crippen molar-refractivity contribution in [1.29, 1.82) is 0 Å². The molecule has 0 aromatic heterocycles. The molecule has 1 aliphatic heterocycles. The highest BCUT2D eigenvalue weighted by molar-refractivity contribution is 8.01. The quantitative estimate of drug-likeness (QED) is 0.898. The van der Waals surface area contributed by atoms with Gasteiger partial charge in [-0.05, 0) is 31.5 Å². The molecule has 3 heteroatoms. The number of thioether (sulfide) groups is 1. The molecule has 106 valence electrons. The first-order chi connectivity index (χ1) is 10.1. The summed E-state index contributed by atoms with van der Waals surface area (Å²) in [5.41, 5.74) is 4.94. The molecule has 0 fully saturated rings. The van der Waals surface area contributed by atoms with E-state index in [2.05, 4.69) is 37.9 Å². The van der Waals surface area contributed by atoms with Gasteiger partial charge in [0, 0.05) is 21.8 Å². The Balaban J connectivity index is 1.80. The van der Waals surface area contributed by atoms with Gasteiger partial charge in [0.05, 0.1) is 0 Å². The van der Waals surface area contributed by atoms with Gasteiger partial charge in [-0.15, -0.1) is 11.8 Å². The van der Waals surface area contributed by atoms with Gasteiger partial charge >= 0.3 is 0 Å². The van der Waals surface area contributed by atoms with Gasteiger partial charge in [-0.25, -0.2) is 0 Å². The van der Waals surface area contributed by atoms with E-state index in [4.69, 9.17) is 0 Å². The molecule has 1 atom stereocenters. The standard InChI is InChI=1S/C18H17NOS/c1-11-8-9-15(12(2)10-11)19-13(3)18-17(20)14-6-4-5-7-16(14)21-18/h4-10,18-19H,3H2,1-2H3/t18-/m1/s1. The number of anilines is 1. The molecule has 21 heavy (non-hydrogen) atoms. The van der Waals surface area contributed by atoms with Crippen LogP contribution >= 0.6 is 11.8 Å². The number of carbonyl (C=O) groups is 1. The molecule has 2 nitrogen and oxygen atoms in total. The van der Waals surface area contributed by atoms with Gasteiger partial charge in [-0.2, -0.15) is 0 Å². The fourth-order valence-electron chi connectivity index (χ4n) is 2.52. The topological polar surface area (TPSA) is 29.1 Å². The highest BCUT2D eigenvalue weighted by atomic mass is 32.2. The Bertz CT molecular complexity index is 736. The van der Waals surface area contributed by atoms with Crippen molar-refractivity contribution in [3.8, 4) is 0 Å². The monoisotopic (exact) mass is 295 g/mol. The Morgan fingerprint density at radius 1 is 1.19 bits per heavy atom. The van der Waals surface area contributed by atoms with Crippen LogP contribution in [0.5, 0.6) is 0 Å². The molecule has 0 radical (unpaired) electrons. The second kappa shape index (κ2) is 5.41. The minimum atomic E-state index is -0.247. The number of Topliss-reactive ketones (excluding diaryl/α,β-unsaturated/α-hetero) is 1. The largest absolute Gasteiger partial charge is 0.358 e. The van der Waals surface area contributed by atoms with Crippen LogP contribution in [-0.2, 0) is 0 Å². The maximum absolute atomic E-state index is 12.4. The van der Waals surface area contributed by atoms with Gasteiger partial charge in [0.1, 0.15) is 5.25 Å². The number of benzene rings is 2. The Morgan fingerprint density at radius 2 is 1.95 bits per heavy atom. The molecule has 1 heterocycles. The van der Waals surface area contributed by atoms with Crippen LogP contribution in [0.1, 0.15) is 21.5 Å². The van der Waals surface area contributed by atoms with Crippen molar-refractivity contribution in [1.82, 2.24) is 0 Å². The summed E-state index contributed by atoms with van der Waals surface area (Å²) in [7, 11) is 0. The number of ketones is 1. The number of fused-ring (bicyclic) bond motifs is 1. The van der Waals surface area contributed by atoms with Crippen LogP contribution in [0, 0.1) is 13.8 Å². The zero-order chi connectivity index (χ0) is 15.0. The summed E-state index contributed by atoms with van der Waals surface area (Å²) in [6, 6.07) is 13.9. The van der Waals surface area contributed by atoms with E-state index in [-0.39, 0.29) is 11.0 Å². The predicted molar refractivity (Wildman–Crippen MR) is 89.1 cm³/mol. The number of rotatable bonds is 3. The van der Waals surface area contributed by atoms with Crippen LogP contribution in [0.25, 0.3) is 0 Å². The third kappa shape index (κ3) is 2.61. The molecule has 0 spiro atoms. The zero-order valence-electron chi connectivity index (χ0n) is 12.1. The highest BCUT2D eigenvalue weighted by Gasteiger charge is 2.33. The lowest BCUT2D eigenvalue weighted by Gasteiger charge is -2.16. The Kier molecular flexibility index (Phi) is 3.60. The molecule has 1 aliphatic rings. The Hall–Kier alpha value is -2.00. The molecule has 1 N–H and O–H groups in total. The normalized spacial score (nSPS) is 16.7. The highest BCUT2D eigenvalue weighted by Crippen LogP contribution is 2.39. The fourth-order valence-corrected chi connectivity index (χ4v) is 3.66. The van der Waals surface area contributed by atoms with E-state index in [1.54, 1.807) is 11.8 Å². The summed E-state index contributed by atoms with van der Waals surface area (Å²) in [6.45, 7) is 8.20. The van der Waals surface area contributed by atoms with E-state index >= 15 is 0 Å². The van der Waals surface area contributed by atoms with Gasteiger partial charge < -0.3 is 5.32 Å². The van der Waals surface area contributed by atoms with Crippen LogP contribution in [0.3, 0.4) is 0 Å². The lowest BCUT2D eigenvalue weighted by atomic mass is 10.1. The van der Waals surface area contributed by atoms with E-state index in [0.717, 1.165) is 27.4 Å². The minimum absolute atomic E-state index is 0.137. The summed E-state index contributed by atoms with van der Waals surface area (Å²) in [5.74, 6) is 0.137. The van der Waals surface area contributed by atoms with Gasteiger partial charge in [0.2, 0.25) is 0 Å². The van der Waals surface area contributed by atoms with E-state index in [0.29, 0.717) is 0 Å². The minimum Gasteiger partial charge on any atom is -0.358 e. The lowest BCUT2D eigenvalue weighted by Crippen LogP contribution is -2.19. The van der Waals surface area contributed by atoms with E-state index in [9.17, 15) is 4.79 Å². The van der Waals surface area contributed by atoms with Crippen molar-refractivity contribution in [2.75, 3.05) is 5.32 Å². The van der Waals surface area contributed by atoms with Crippen LogP contribution in [0.15, 0.2) is 59.6 Å². The van der Waals surface area contributed by atoms with Gasteiger partial charge in [0.25, 0.3) is 0 Å². The maximum Gasteiger partial charge on any atom is 0.183 e. The van der Waals surface area contributed by atoms with Crippen molar-refractivity contribution in [3.63, 3.8) is 0 Å². The fraction of sp³-hybridized carbons (Fsp3) is 0.167. The van der Waals surface area contributed by atoms with E-state index in [1.807, 2.05) is 30.3 Å². The molecule has 0 saturated heterocycles. The predicted octanol–water partition coefficient (Wildman–Crippen LogP) is 4.59. The Morgan fingerprint density at radius 3 is 2.67 bits per heavy atom. The van der Waals surface area contributed by atoms with Gasteiger partial charge in [-0.1, -0.05) is 42.5 Å². The molecular weight excluding hydrogens is 278 g/mol. The van der Waals surface area contributed by atoms with Crippen LogP contribution < -0.4 is 5.32 Å². The summed E-state index contributed by atoms with van der Waals surface area (Å²) in [5, 5.41) is 3.06. The number of hydrogen-bond acceptors (Lipinski definition) is 3. The SMILES string of the molecule is C=C(Nc1ccc(C)cc1C)[C@H]1Sc2ccccc2C1=O. The van der Waals surface area contributed by atoms with Crippen LogP contribution in [0.4, 0.5) is 5.69 Å². The van der Waals surface area contributed by atoms with Gasteiger partial charge in [0.15, 0.2) is 5.78 Å². The summed E-state index contributed by atoms with van der Waals surface area (Å²) >= 11 is 1.57. The van der Waals surface area contributed by atoms with Crippen molar-refractivity contribution in [2.24, 2.45) is 0 Å². The third-order valence-corrected chi connectivity index (χ3v) is 4.97. The summed E-state index contributed by atoms with van der Waals surface area (Å²) in [4.78, 5) is 13.5. The van der Waals surface area contributed by atoms with Gasteiger partial charge in [-0.3, -0.25) is 4.79 Å². The second-order valence-corrected chi connectivity index (χ2v) is 6.47. The maximum atomic E-state index is 12.4. The average Bonchev–Trinajstić information content (AvgIpc) is 2.80. The van der Waals surface area contributed by atoms with Crippen molar-refractivity contribution in [3.05, 3.63) is 71.4 Å². The molecule has 0 amide bonds. The van der Waals surface area contributed by atoms with Crippen molar-refractivity contribution >= 4 is 23.2 Å².